The van der Waals surface area contributed by atoms with Gasteiger partial charge < -0.3 is 15.5 Å². The summed E-state index contributed by atoms with van der Waals surface area (Å²) in [6, 6.07) is 14.0. The Hall–Kier alpha value is -2.24. The summed E-state index contributed by atoms with van der Waals surface area (Å²) in [4.78, 5) is 25.4. The maximum Gasteiger partial charge on any atom is 0.244 e. The minimum atomic E-state index is -0.323. The van der Waals surface area contributed by atoms with Gasteiger partial charge >= 0.3 is 0 Å². The van der Waals surface area contributed by atoms with Crippen LogP contribution in [0, 0.1) is 0 Å². The number of carbonyl (C=O) groups excluding carboxylic acids is 2. The molecule has 0 saturated heterocycles. The Balaban J connectivity index is 1.84. The summed E-state index contributed by atoms with van der Waals surface area (Å²) < 4.78 is 0. The smallest absolute Gasteiger partial charge is 0.244 e. The molecule has 7 heteroatoms. The standard InChI is InChI=1S/C17H17Cl2N3O2/c1-22(11-16(23)21-15-9-5-3-7-13(15)19)17(24)10-20-14-8-4-2-6-12(14)18/h2-9,20H,10-11H2,1H3,(H,21,23). The predicted molar refractivity (Wildman–Crippen MR) is 97.7 cm³/mol. The summed E-state index contributed by atoms with van der Waals surface area (Å²) in [5.74, 6) is -0.555. The molecule has 0 spiro atoms. The van der Waals surface area contributed by atoms with Crippen molar-refractivity contribution in [1.29, 1.82) is 0 Å². The van der Waals surface area contributed by atoms with E-state index in [0.717, 1.165) is 0 Å². The summed E-state index contributed by atoms with van der Waals surface area (Å²) in [5, 5.41) is 6.60. The zero-order chi connectivity index (χ0) is 17.5. The Morgan fingerprint density at radius 1 is 0.958 bits per heavy atom. The van der Waals surface area contributed by atoms with Gasteiger partial charge in [0.25, 0.3) is 0 Å². The molecular weight excluding hydrogens is 349 g/mol. The molecule has 0 saturated carbocycles. The van der Waals surface area contributed by atoms with Crippen LogP contribution in [0.4, 0.5) is 11.4 Å². The first-order valence-electron chi connectivity index (χ1n) is 7.24. The summed E-state index contributed by atoms with van der Waals surface area (Å²) in [6.07, 6.45) is 0. The number of hydrogen-bond acceptors (Lipinski definition) is 3. The molecule has 0 aliphatic carbocycles. The molecule has 2 N–H and O–H groups in total. The zero-order valence-electron chi connectivity index (χ0n) is 13.1. The van der Waals surface area contributed by atoms with E-state index in [1.54, 1.807) is 49.5 Å². The first-order valence-corrected chi connectivity index (χ1v) is 7.99. The van der Waals surface area contributed by atoms with E-state index in [-0.39, 0.29) is 24.9 Å². The number of anilines is 2. The van der Waals surface area contributed by atoms with Gasteiger partial charge in [0.05, 0.1) is 34.5 Å². The molecule has 2 amide bonds. The van der Waals surface area contributed by atoms with Crippen LogP contribution in [-0.4, -0.2) is 36.9 Å². The average molecular weight is 366 g/mol. The number of para-hydroxylation sites is 2. The molecule has 126 valence electrons. The molecule has 0 radical (unpaired) electrons. The fraction of sp³-hybridized carbons (Fsp3) is 0.176. The lowest BCUT2D eigenvalue weighted by molar-refractivity contribution is -0.131. The zero-order valence-corrected chi connectivity index (χ0v) is 14.6. The molecule has 0 aliphatic rings. The highest BCUT2D eigenvalue weighted by Crippen LogP contribution is 2.21. The molecule has 2 rings (SSSR count). The fourth-order valence-corrected chi connectivity index (χ4v) is 2.35. The van der Waals surface area contributed by atoms with Crippen LogP contribution >= 0.6 is 23.2 Å². The fourth-order valence-electron chi connectivity index (χ4n) is 1.97. The van der Waals surface area contributed by atoms with Gasteiger partial charge in [0.2, 0.25) is 11.8 Å². The Morgan fingerprint density at radius 3 is 2.08 bits per heavy atom. The van der Waals surface area contributed by atoms with Crippen molar-refractivity contribution in [2.75, 3.05) is 30.8 Å². The van der Waals surface area contributed by atoms with E-state index in [0.29, 0.717) is 21.4 Å². The Kier molecular flexibility index (Phi) is 6.46. The van der Waals surface area contributed by atoms with Crippen molar-refractivity contribution in [3.05, 3.63) is 58.6 Å². The van der Waals surface area contributed by atoms with Crippen molar-refractivity contribution >= 4 is 46.4 Å². The SMILES string of the molecule is CN(CC(=O)Nc1ccccc1Cl)C(=O)CNc1ccccc1Cl. The van der Waals surface area contributed by atoms with Crippen molar-refractivity contribution in [1.82, 2.24) is 4.90 Å². The van der Waals surface area contributed by atoms with E-state index in [2.05, 4.69) is 10.6 Å². The lowest BCUT2D eigenvalue weighted by Crippen LogP contribution is -2.38. The molecule has 0 aromatic heterocycles. The van der Waals surface area contributed by atoms with Crippen LogP contribution in [0.5, 0.6) is 0 Å². The van der Waals surface area contributed by atoms with Crippen molar-refractivity contribution in [2.24, 2.45) is 0 Å². The van der Waals surface area contributed by atoms with E-state index >= 15 is 0 Å². The minimum Gasteiger partial charge on any atom is -0.375 e. The molecule has 24 heavy (non-hydrogen) atoms. The second kappa shape index (κ2) is 8.57. The van der Waals surface area contributed by atoms with Gasteiger partial charge in [-0.05, 0) is 24.3 Å². The molecule has 0 aliphatic heterocycles. The van der Waals surface area contributed by atoms with E-state index in [9.17, 15) is 9.59 Å². The van der Waals surface area contributed by atoms with E-state index in [4.69, 9.17) is 23.2 Å². The average Bonchev–Trinajstić information content (AvgIpc) is 2.56. The number of halogens is 2. The Morgan fingerprint density at radius 2 is 1.50 bits per heavy atom. The second-order valence-corrected chi connectivity index (χ2v) is 5.93. The van der Waals surface area contributed by atoms with Crippen LogP contribution in [-0.2, 0) is 9.59 Å². The van der Waals surface area contributed by atoms with E-state index in [1.165, 1.54) is 4.90 Å². The highest BCUT2D eigenvalue weighted by Gasteiger charge is 2.14. The molecule has 0 heterocycles. The number of benzene rings is 2. The van der Waals surface area contributed by atoms with Crippen molar-refractivity contribution < 1.29 is 9.59 Å². The third kappa shape index (κ3) is 5.15. The van der Waals surface area contributed by atoms with Crippen molar-refractivity contribution in [3.63, 3.8) is 0 Å². The largest absolute Gasteiger partial charge is 0.375 e. The van der Waals surface area contributed by atoms with Crippen molar-refractivity contribution in [2.45, 2.75) is 0 Å². The Bertz CT molecular complexity index is 737. The lowest BCUT2D eigenvalue weighted by Gasteiger charge is -2.18. The highest BCUT2D eigenvalue weighted by atomic mass is 35.5. The van der Waals surface area contributed by atoms with Gasteiger partial charge in [-0.25, -0.2) is 0 Å². The van der Waals surface area contributed by atoms with Gasteiger partial charge in [-0.2, -0.15) is 0 Å². The second-order valence-electron chi connectivity index (χ2n) is 5.11. The molecule has 2 aromatic carbocycles. The molecule has 2 aromatic rings. The minimum absolute atomic E-state index is 0.0413. The molecular formula is C17H17Cl2N3O2. The molecule has 0 unspecified atom stereocenters. The van der Waals surface area contributed by atoms with Gasteiger partial charge in [0.1, 0.15) is 0 Å². The number of nitrogens with one attached hydrogen (secondary N) is 2. The van der Waals surface area contributed by atoms with Gasteiger partial charge in [-0.3, -0.25) is 9.59 Å². The van der Waals surface area contributed by atoms with Crippen molar-refractivity contribution in [3.8, 4) is 0 Å². The van der Waals surface area contributed by atoms with Crippen LogP contribution in [0.25, 0.3) is 0 Å². The van der Waals surface area contributed by atoms with Crippen LogP contribution in [0.15, 0.2) is 48.5 Å². The van der Waals surface area contributed by atoms with Gasteiger partial charge in [-0.15, -0.1) is 0 Å². The molecule has 0 fully saturated rings. The van der Waals surface area contributed by atoms with Gasteiger partial charge in [0, 0.05) is 7.05 Å². The summed E-state index contributed by atoms with van der Waals surface area (Å²) in [6.45, 7) is -0.0339. The van der Waals surface area contributed by atoms with Crippen LogP contribution in [0.3, 0.4) is 0 Å². The predicted octanol–water partition coefficient (Wildman–Crippen LogP) is 3.50. The quantitative estimate of drug-likeness (QED) is 0.823. The monoisotopic (exact) mass is 365 g/mol. The Labute approximate surface area is 150 Å². The number of likely N-dealkylation sites (N-methyl/N-ethyl adjacent to an activating group) is 1. The van der Waals surface area contributed by atoms with E-state index in [1.807, 2.05) is 6.07 Å². The first-order chi connectivity index (χ1) is 11.5. The van der Waals surface area contributed by atoms with Crippen LogP contribution in [0.1, 0.15) is 0 Å². The third-order valence-electron chi connectivity index (χ3n) is 3.26. The highest BCUT2D eigenvalue weighted by molar-refractivity contribution is 6.33. The lowest BCUT2D eigenvalue weighted by atomic mass is 10.3. The number of amides is 2. The summed E-state index contributed by atoms with van der Waals surface area (Å²) in [5.41, 5.74) is 1.18. The number of rotatable bonds is 6. The summed E-state index contributed by atoms with van der Waals surface area (Å²) >= 11 is 12.0. The molecule has 0 bridgehead atoms. The normalized spacial score (nSPS) is 10.1. The van der Waals surface area contributed by atoms with Crippen LogP contribution in [0.2, 0.25) is 10.0 Å². The molecule has 0 atom stereocenters. The maximum absolute atomic E-state index is 12.1. The number of carbonyl (C=O) groups is 2. The van der Waals surface area contributed by atoms with E-state index < -0.39 is 0 Å². The maximum atomic E-state index is 12.1. The molecule has 5 nitrogen and oxygen atoms in total. The first kappa shape index (κ1) is 18.1. The van der Waals surface area contributed by atoms with Crippen LogP contribution < -0.4 is 10.6 Å². The third-order valence-corrected chi connectivity index (χ3v) is 3.92. The van der Waals surface area contributed by atoms with Gasteiger partial charge in [-0.1, -0.05) is 47.5 Å². The van der Waals surface area contributed by atoms with Gasteiger partial charge in [0.15, 0.2) is 0 Å². The number of hydrogen-bond donors (Lipinski definition) is 2. The topological polar surface area (TPSA) is 61.4 Å². The summed E-state index contributed by atoms with van der Waals surface area (Å²) in [7, 11) is 1.56. The number of nitrogens with zero attached hydrogens (tertiary/aromatic N) is 1.